The number of fused-ring (bicyclic) bond motifs is 1. The smallest absolute Gasteiger partial charge is 0.275 e. The average molecular weight is 370 g/mol. The lowest BCUT2D eigenvalue weighted by atomic mass is 9.84. The molecule has 9 heteroatoms. The van der Waals surface area contributed by atoms with Gasteiger partial charge in [0.1, 0.15) is 5.69 Å². The van der Waals surface area contributed by atoms with Crippen LogP contribution in [-0.2, 0) is 5.54 Å². The molecule has 0 bridgehead atoms. The van der Waals surface area contributed by atoms with Crippen LogP contribution < -0.4 is 15.8 Å². The minimum Gasteiger partial charge on any atom is -0.480 e. The van der Waals surface area contributed by atoms with Gasteiger partial charge in [-0.1, -0.05) is 0 Å². The highest BCUT2D eigenvalue weighted by Gasteiger charge is 2.55. The molecule has 1 amide bonds. The maximum absolute atomic E-state index is 14.5. The second-order valence-electron chi connectivity index (χ2n) is 7.02. The zero-order valence-corrected chi connectivity index (χ0v) is 14.9. The highest BCUT2D eigenvalue weighted by Crippen LogP contribution is 2.57. The number of pyridine rings is 1. The summed E-state index contributed by atoms with van der Waals surface area (Å²) in [4.78, 5) is 28.6. The van der Waals surface area contributed by atoms with Crippen molar-refractivity contribution in [2.45, 2.75) is 25.3 Å². The summed E-state index contributed by atoms with van der Waals surface area (Å²) in [6.45, 7) is 1.87. The molecule has 0 radical (unpaired) electrons. The van der Waals surface area contributed by atoms with Gasteiger partial charge in [-0.3, -0.25) is 9.79 Å². The minimum atomic E-state index is -0.773. The van der Waals surface area contributed by atoms with Crippen molar-refractivity contribution in [2.75, 3.05) is 12.4 Å². The van der Waals surface area contributed by atoms with Crippen LogP contribution in [0.1, 0.15) is 35.8 Å². The van der Waals surface area contributed by atoms with E-state index in [1.54, 1.807) is 6.07 Å². The predicted octanol–water partition coefficient (Wildman–Crippen LogP) is 1.88. The van der Waals surface area contributed by atoms with E-state index < -0.39 is 17.4 Å². The number of rotatable bonds is 4. The molecule has 1 fully saturated rings. The van der Waals surface area contributed by atoms with Crippen LogP contribution in [0.5, 0.6) is 5.88 Å². The molecule has 27 heavy (non-hydrogen) atoms. The summed E-state index contributed by atoms with van der Waals surface area (Å²) in [6.07, 6.45) is 5.61. The fourth-order valence-electron chi connectivity index (χ4n) is 3.72. The number of nitrogens with two attached hydrogens (primary N) is 1. The maximum Gasteiger partial charge on any atom is 0.275 e. The summed E-state index contributed by atoms with van der Waals surface area (Å²) < 4.78 is 19.4. The van der Waals surface area contributed by atoms with Gasteiger partial charge in [-0.05, 0) is 31.2 Å². The van der Waals surface area contributed by atoms with E-state index in [2.05, 4.69) is 25.3 Å². The van der Waals surface area contributed by atoms with Crippen molar-refractivity contribution >= 4 is 17.4 Å². The number of hydrogen-bond acceptors (Lipinski definition) is 7. The first-order valence-electron chi connectivity index (χ1n) is 8.58. The van der Waals surface area contributed by atoms with Gasteiger partial charge in [0.05, 0.1) is 42.8 Å². The molecule has 0 aromatic carbocycles. The number of anilines is 1. The molecule has 2 aromatic rings. The third kappa shape index (κ3) is 3.09. The van der Waals surface area contributed by atoms with Gasteiger partial charge in [0.15, 0.2) is 0 Å². The van der Waals surface area contributed by atoms with Crippen LogP contribution in [0.15, 0.2) is 29.6 Å². The number of methoxy groups -OCH3 is 1. The number of nitrogens with one attached hydrogen (secondary N) is 1. The summed E-state index contributed by atoms with van der Waals surface area (Å²) in [5, 5.41) is 2.67. The second kappa shape index (κ2) is 6.26. The van der Waals surface area contributed by atoms with Crippen LogP contribution in [0, 0.1) is 17.8 Å². The van der Waals surface area contributed by atoms with Crippen molar-refractivity contribution in [3.63, 3.8) is 0 Å². The van der Waals surface area contributed by atoms with Crippen LogP contribution in [0.2, 0.25) is 0 Å². The minimum absolute atomic E-state index is 0.107. The van der Waals surface area contributed by atoms with Gasteiger partial charge >= 0.3 is 0 Å². The Hall–Kier alpha value is -3.10. The van der Waals surface area contributed by atoms with Gasteiger partial charge < -0.3 is 15.8 Å². The highest BCUT2D eigenvalue weighted by atomic mass is 19.1. The third-order valence-corrected chi connectivity index (χ3v) is 5.20. The Labute approximate surface area is 155 Å². The molecule has 3 atom stereocenters. The van der Waals surface area contributed by atoms with E-state index in [0.29, 0.717) is 28.9 Å². The zero-order valence-electron chi connectivity index (χ0n) is 14.9. The summed E-state index contributed by atoms with van der Waals surface area (Å²) in [5.74, 6) is 0.407. The quantitative estimate of drug-likeness (QED) is 0.794. The van der Waals surface area contributed by atoms with E-state index in [1.807, 2.05) is 6.92 Å². The van der Waals surface area contributed by atoms with Crippen LogP contribution >= 0.6 is 0 Å². The molecular weight excluding hydrogens is 351 g/mol. The number of amides is 1. The zero-order chi connectivity index (χ0) is 19.2. The Balaban J connectivity index is 1.61. The number of halogens is 1. The molecule has 1 saturated carbocycles. The molecule has 0 unspecified atom stereocenters. The first-order chi connectivity index (χ1) is 12.9. The maximum atomic E-state index is 14.5. The Morgan fingerprint density at radius 1 is 1.33 bits per heavy atom. The number of carbonyl (C=O) groups excluding carboxylic acids is 1. The molecule has 1 aliphatic carbocycles. The number of nitrogens with zero attached hydrogens (tertiary/aromatic N) is 4. The predicted molar refractivity (Wildman–Crippen MR) is 95.9 cm³/mol. The molecule has 2 aliphatic rings. The molecule has 2 aromatic heterocycles. The molecule has 3 heterocycles. The molecule has 1 aliphatic heterocycles. The fourth-order valence-corrected chi connectivity index (χ4v) is 3.72. The van der Waals surface area contributed by atoms with Crippen molar-refractivity contribution in [3.05, 3.63) is 41.9 Å². The summed E-state index contributed by atoms with van der Waals surface area (Å²) in [5.41, 5.74) is 5.96. The molecule has 4 rings (SSSR count). The number of aliphatic imine (C=N–C) groups is 1. The van der Waals surface area contributed by atoms with Gasteiger partial charge in [-0.25, -0.2) is 15.0 Å². The van der Waals surface area contributed by atoms with Crippen molar-refractivity contribution in [1.82, 2.24) is 15.0 Å². The van der Waals surface area contributed by atoms with Crippen molar-refractivity contribution < 1.29 is 13.9 Å². The van der Waals surface area contributed by atoms with Gasteiger partial charge in [0, 0.05) is 12.0 Å². The Bertz CT molecular complexity index is 932. The lowest BCUT2D eigenvalue weighted by Gasteiger charge is -2.30. The van der Waals surface area contributed by atoms with E-state index in [-0.39, 0.29) is 11.6 Å². The van der Waals surface area contributed by atoms with Gasteiger partial charge in [0.25, 0.3) is 5.91 Å². The normalized spacial score (nSPS) is 26.0. The monoisotopic (exact) mass is 370 g/mol. The number of aromatic nitrogens is 3. The molecular formula is C18H19FN6O2. The summed E-state index contributed by atoms with van der Waals surface area (Å²) >= 11 is 0. The van der Waals surface area contributed by atoms with Crippen molar-refractivity contribution in [3.8, 4) is 5.88 Å². The molecule has 8 nitrogen and oxygen atoms in total. The van der Waals surface area contributed by atoms with E-state index in [0.717, 1.165) is 12.8 Å². The first kappa shape index (κ1) is 17.3. The SMILES string of the molecule is COc1cnc(C(=O)Nc2cnc(F)c([C@]3(C)N=C(N)C[C@H]4C[C@H]43)c2)cn1. The Kier molecular flexibility index (Phi) is 4.01. The first-order valence-corrected chi connectivity index (χ1v) is 8.58. The molecule has 0 saturated heterocycles. The number of carbonyl (C=O) groups is 1. The van der Waals surface area contributed by atoms with E-state index in [4.69, 9.17) is 10.5 Å². The topological polar surface area (TPSA) is 115 Å². The second-order valence-corrected chi connectivity index (χ2v) is 7.02. The molecule has 3 N–H and O–H groups in total. The average Bonchev–Trinajstić information content (AvgIpc) is 3.43. The lowest BCUT2D eigenvalue weighted by molar-refractivity contribution is 0.102. The molecule has 140 valence electrons. The van der Waals surface area contributed by atoms with Crippen LogP contribution in [0.4, 0.5) is 10.1 Å². The lowest BCUT2D eigenvalue weighted by Crippen LogP contribution is -2.33. The third-order valence-electron chi connectivity index (χ3n) is 5.20. The number of hydrogen-bond donors (Lipinski definition) is 2. The summed E-state index contributed by atoms with van der Waals surface area (Å²) in [7, 11) is 1.46. The Morgan fingerprint density at radius 3 is 2.85 bits per heavy atom. The van der Waals surface area contributed by atoms with E-state index in [1.165, 1.54) is 25.7 Å². The Morgan fingerprint density at radius 2 is 2.15 bits per heavy atom. The molecule has 0 spiro atoms. The largest absolute Gasteiger partial charge is 0.480 e. The van der Waals surface area contributed by atoms with Gasteiger partial charge in [-0.15, -0.1) is 0 Å². The van der Waals surface area contributed by atoms with Crippen LogP contribution in [-0.4, -0.2) is 33.8 Å². The van der Waals surface area contributed by atoms with E-state index in [9.17, 15) is 9.18 Å². The van der Waals surface area contributed by atoms with Gasteiger partial charge in [-0.2, -0.15) is 4.39 Å². The van der Waals surface area contributed by atoms with Crippen LogP contribution in [0.25, 0.3) is 0 Å². The highest BCUT2D eigenvalue weighted by molar-refractivity contribution is 6.02. The standard InChI is InChI=1S/C18H19FN6O2/c1-18(11-3-9(11)4-14(20)25-18)12-5-10(6-23-16(12)19)24-17(26)13-7-22-15(27-2)8-21-13/h5-9,11H,3-4H2,1-2H3,(H2,20,25)(H,24,26)/t9-,11-,18-/m1/s1. The van der Waals surface area contributed by atoms with Crippen LogP contribution in [0.3, 0.4) is 0 Å². The number of ether oxygens (including phenoxy) is 1. The fraction of sp³-hybridized carbons (Fsp3) is 0.389. The van der Waals surface area contributed by atoms with Gasteiger partial charge in [0.2, 0.25) is 11.8 Å². The van der Waals surface area contributed by atoms with Crippen molar-refractivity contribution in [2.24, 2.45) is 22.6 Å². The van der Waals surface area contributed by atoms with Crippen molar-refractivity contribution in [1.29, 1.82) is 0 Å². The van der Waals surface area contributed by atoms with E-state index >= 15 is 0 Å². The summed E-state index contributed by atoms with van der Waals surface area (Å²) in [6, 6.07) is 1.56. The number of amidine groups is 1.